The van der Waals surface area contributed by atoms with Gasteiger partial charge < -0.3 is 10.2 Å². The largest absolute Gasteiger partial charge is 0.342 e. The molecule has 3 rings (SSSR count). The standard InChI is InChI=1S/C22H20F3N3O2/c23-16-5-3-14(4-6-16)10-21(29)28-9-1-2-15(13-28)22(30)27-20(12-26)18-8-7-17(24)11-19(18)25/h3-8,11,15,20H,1-2,9-10,13H2,(H,27,30). The summed E-state index contributed by atoms with van der Waals surface area (Å²) >= 11 is 0. The van der Waals surface area contributed by atoms with Crippen LogP contribution in [0.3, 0.4) is 0 Å². The second-order valence-corrected chi connectivity index (χ2v) is 7.22. The highest BCUT2D eigenvalue weighted by Gasteiger charge is 2.30. The highest BCUT2D eigenvalue weighted by Crippen LogP contribution is 2.22. The van der Waals surface area contributed by atoms with E-state index >= 15 is 0 Å². The van der Waals surface area contributed by atoms with Crippen LogP contribution in [-0.2, 0) is 16.0 Å². The van der Waals surface area contributed by atoms with E-state index in [0.29, 0.717) is 31.0 Å². The molecule has 8 heteroatoms. The highest BCUT2D eigenvalue weighted by atomic mass is 19.1. The van der Waals surface area contributed by atoms with E-state index in [-0.39, 0.29) is 30.3 Å². The van der Waals surface area contributed by atoms with Gasteiger partial charge >= 0.3 is 0 Å². The van der Waals surface area contributed by atoms with Crippen LogP contribution in [0.1, 0.15) is 30.0 Å². The maximum atomic E-state index is 14.0. The molecule has 0 saturated carbocycles. The average Bonchev–Trinajstić information content (AvgIpc) is 2.74. The summed E-state index contributed by atoms with van der Waals surface area (Å²) < 4.78 is 40.1. The average molecular weight is 415 g/mol. The van der Waals surface area contributed by atoms with Crippen molar-refractivity contribution in [3.05, 3.63) is 71.0 Å². The summed E-state index contributed by atoms with van der Waals surface area (Å²) in [4.78, 5) is 26.8. The Hall–Kier alpha value is -3.34. The smallest absolute Gasteiger partial charge is 0.227 e. The third-order valence-electron chi connectivity index (χ3n) is 5.10. The minimum Gasteiger partial charge on any atom is -0.342 e. The van der Waals surface area contributed by atoms with Crippen molar-refractivity contribution in [2.24, 2.45) is 5.92 Å². The Balaban J connectivity index is 1.62. The lowest BCUT2D eigenvalue weighted by molar-refractivity contribution is -0.135. The van der Waals surface area contributed by atoms with Crippen LogP contribution in [0.5, 0.6) is 0 Å². The zero-order chi connectivity index (χ0) is 21.7. The zero-order valence-corrected chi connectivity index (χ0v) is 16.1. The Kier molecular flexibility index (Phi) is 6.72. The first-order valence-electron chi connectivity index (χ1n) is 9.54. The van der Waals surface area contributed by atoms with Crippen molar-refractivity contribution >= 4 is 11.8 Å². The van der Waals surface area contributed by atoms with Gasteiger partial charge in [0, 0.05) is 24.7 Å². The van der Waals surface area contributed by atoms with Gasteiger partial charge in [0.2, 0.25) is 11.8 Å². The van der Waals surface area contributed by atoms with Gasteiger partial charge in [0.05, 0.1) is 18.4 Å². The van der Waals surface area contributed by atoms with Gasteiger partial charge in [-0.15, -0.1) is 0 Å². The SMILES string of the molecule is N#CC(NC(=O)C1CCCN(C(=O)Cc2ccc(F)cc2)C1)c1ccc(F)cc1F. The second kappa shape index (κ2) is 9.44. The lowest BCUT2D eigenvalue weighted by Gasteiger charge is -2.32. The van der Waals surface area contributed by atoms with E-state index in [0.717, 1.165) is 12.1 Å². The number of nitrogens with zero attached hydrogens (tertiary/aromatic N) is 2. The Morgan fingerprint density at radius 2 is 1.83 bits per heavy atom. The summed E-state index contributed by atoms with van der Waals surface area (Å²) in [6.45, 7) is 0.675. The van der Waals surface area contributed by atoms with Crippen LogP contribution in [0.25, 0.3) is 0 Å². The van der Waals surface area contributed by atoms with Crippen LogP contribution in [0, 0.1) is 34.7 Å². The number of amides is 2. The monoisotopic (exact) mass is 415 g/mol. The number of hydrogen-bond acceptors (Lipinski definition) is 3. The van der Waals surface area contributed by atoms with E-state index in [1.54, 1.807) is 4.90 Å². The summed E-state index contributed by atoms with van der Waals surface area (Å²) in [6.07, 6.45) is 1.22. The van der Waals surface area contributed by atoms with E-state index < -0.39 is 29.5 Å². The van der Waals surface area contributed by atoms with Crippen molar-refractivity contribution in [2.75, 3.05) is 13.1 Å². The van der Waals surface area contributed by atoms with Crippen molar-refractivity contribution in [1.29, 1.82) is 5.26 Å². The maximum Gasteiger partial charge on any atom is 0.227 e. The van der Waals surface area contributed by atoms with Crippen molar-refractivity contribution in [2.45, 2.75) is 25.3 Å². The number of piperidine rings is 1. The predicted molar refractivity (Wildman–Crippen MR) is 102 cm³/mol. The Labute approximate surface area is 172 Å². The fourth-order valence-corrected chi connectivity index (χ4v) is 3.48. The number of halogens is 3. The quantitative estimate of drug-likeness (QED) is 0.815. The molecule has 1 saturated heterocycles. The first-order chi connectivity index (χ1) is 14.4. The number of carbonyl (C=O) groups excluding carboxylic acids is 2. The molecule has 1 N–H and O–H groups in total. The first-order valence-corrected chi connectivity index (χ1v) is 9.54. The fourth-order valence-electron chi connectivity index (χ4n) is 3.48. The Bertz CT molecular complexity index is 973. The molecule has 30 heavy (non-hydrogen) atoms. The summed E-state index contributed by atoms with van der Waals surface area (Å²) in [7, 11) is 0. The number of rotatable bonds is 5. The molecule has 2 atom stereocenters. The van der Waals surface area contributed by atoms with Gasteiger partial charge in [-0.2, -0.15) is 5.26 Å². The van der Waals surface area contributed by atoms with Crippen molar-refractivity contribution in [3.8, 4) is 6.07 Å². The molecule has 1 heterocycles. The number of nitriles is 1. The van der Waals surface area contributed by atoms with Crippen molar-refractivity contribution < 1.29 is 22.8 Å². The summed E-state index contributed by atoms with van der Waals surface area (Å²) in [6, 6.07) is 8.99. The van der Waals surface area contributed by atoms with Crippen LogP contribution >= 0.6 is 0 Å². The number of nitrogens with one attached hydrogen (secondary N) is 1. The molecule has 2 unspecified atom stereocenters. The van der Waals surface area contributed by atoms with E-state index in [2.05, 4.69) is 5.32 Å². The predicted octanol–water partition coefficient (Wildman–Crippen LogP) is 3.27. The number of hydrogen-bond donors (Lipinski definition) is 1. The molecular weight excluding hydrogens is 395 g/mol. The molecule has 0 aromatic heterocycles. The van der Waals surface area contributed by atoms with Crippen LogP contribution in [-0.4, -0.2) is 29.8 Å². The zero-order valence-electron chi connectivity index (χ0n) is 16.1. The van der Waals surface area contributed by atoms with Crippen LogP contribution in [0.15, 0.2) is 42.5 Å². The van der Waals surface area contributed by atoms with Crippen molar-refractivity contribution in [3.63, 3.8) is 0 Å². The van der Waals surface area contributed by atoms with Gasteiger partial charge in [0.1, 0.15) is 23.5 Å². The fraction of sp³-hybridized carbons (Fsp3) is 0.318. The normalized spacial score (nSPS) is 17.1. The first kappa shape index (κ1) is 21.4. The maximum absolute atomic E-state index is 14.0. The van der Waals surface area contributed by atoms with Crippen LogP contribution < -0.4 is 5.32 Å². The molecule has 0 bridgehead atoms. The molecule has 2 aromatic rings. The Morgan fingerprint density at radius 1 is 1.13 bits per heavy atom. The molecule has 1 fully saturated rings. The minimum atomic E-state index is -1.26. The lowest BCUT2D eigenvalue weighted by atomic mass is 9.95. The summed E-state index contributed by atoms with van der Waals surface area (Å²) in [5, 5.41) is 11.8. The summed E-state index contributed by atoms with van der Waals surface area (Å²) in [5.74, 6) is -3.27. The van der Waals surface area contributed by atoms with Crippen molar-refractivity contribution in [1.82, 2.24) is 10.2 Å². The molecule has 0 aliphatic carbocycles. The molecule has 2 amide bonds. The van der Waals surface area contributed by atoms with E-state index in [4.69, 9.17) is 0 Å². The number of benzene rings is 2. The van der Waals surface area contributed by atoms with Crippen LogP contribution in [0.4, 0.5) is 13.2 Å². The van der Waals surface area contributed by atoms with Gasteiger partial charge in [-0.3, -0.25) is 9.59 Å². The number of carbonyl (C=O) groups is 2. The highest BCUT2D eigenvalue weighted by molar-refractivity contribution is 5.82. The lowest BCUT2D eigenvalue weighted by Crippen LogP contribution is -2.46. The topological polar surface area (TPSA) is 73.2 Å². The van der Waals surface area contributed by atoms with Gasteiger partial charge in [-0.05, 0) is 36.6 Å². The van der Waals surface area contributed by atoms with E-state index in [1.807, 2.05) is 6.07 Å². The summed E-state index contributed by atoms with van der Waals surface area (Å²) in [5.41, 5.74) is 0.552. The molecule has 0 spiro atoms. The second-order valence-electron chi connectivity index (χ2n) is 7.22. The Morgan fingerprint density at radius 3 is 2.50 bits per heavy atom. The van der Waals surface area contributed by atoms with E-state index in [1.165, 1.54) is 24.3 Å². The molecule has 156 valence electrons. The van der Waals surface area contributed by atoms with Gasteiger partial charge in [0.25, 0.3) is 0 Å². The molecule has 1 aliphatic heterocycles. The molecule has 1 aliphatic rings. The molecule has 0 radical (unpaired) electrons. The van der Waals surface area contributed by atoms with Gasteiger partial charge in [0.15, 0.2) is 0 Å². The third kappa shape index (κ3) is 5.17. The van der Waals surface area contributed by atoms with Crippen LogP contribution in [0.2, 0.25) is 0 Å². The van der Waals surface area contributed by atoms with E-state index in [9.17, 15) is 28.0 Å². The molecular formula is C22H20F3N3O2. The van der Waals surface area contributed by atoms with Gasteiger partial charge in [-0.25, -0.2) is 13.2 Å². The number of likely N-dealkylation sites (tertiary alicyclic amines) is 1. The third-order valence-corrected chi connectivity index (χ3v) is 5.10. The molecule has 5 nitrogen and oxygen atoms in total. The minimum absolute atomic E-state index is 0.0935. The molecule has 2 aromatic carbocycles. The van der Waals surface area contributed by atoms with Gasteiger partial charge in [-0.1, -0.05) is 18.2 Å².